The van der Waals surface area contributed by atoms with E-state index < -0.39 is 0 Å². The third-order valence-electron chi connectivity index (χ3n) is 3.08. The summed E-state index contributed by atoms with van der Waals surface area (Å²) < 4.78 is 1.80. The third kappa shape index (κ3) is 1.88. The second kappa shape index (κ2) is 4.16. The Hall–Kier alpha value is -1.91. The maximum Gasteiger partial charge on any atom is 0.165 e. The number of anilines is 1. The number of hydrogen-bond donors (Lipinski definition) is 1. The van der Waals surface area contributed by atoms with Gasteiger partial charge in [0.2, 0.25) is 0 Å². The molecule has 2 rings (SSSR count). The van der Waals surface area contributed by atoms with Gasteiger partial charge < -0.3 is 5.73 Å². The zero-order valence-corrected chi connectivity index (χ0v) is 10.7. The first kappa shape index (κ1) is 11.6. The van der Waals surface area contributed by atoms with Crippen LogP contribution in [0.25, 0.3) is 11.4 Å². The van der Waals surface area contributed by atoms with E-state index in [0.717, 1.165) is 28.9 Å². The summed E-state index contributed by atoms with van der Waals surface area (Å²) in [5, 5.41) is 4.19. The molecular formula is C12H17N5. The number of nitrogen functional groups attached to an aromatic ring is 1. The smallest absolute Gasteiger partial charge is 0.165 e. The number of aromatic nitrogens is 4. The van der Waals surface area contributed by atoms with E-state index in [2.05, 4.69) is 22.0 Å². The van der Waals surface area contributed by atoms with Gasteiger partial charge in [0.15, 0.2) is 5.82 Å². The molecule has 0 aliphatic carbocycles. The molecule has 0 saturated heterocycles. The van der Waals surface area contributed by atoms with Crippen LogP contribution in [0.4, 0.5) is 5.82 Å². The highest BCUT2D eigenvalue weighted by atomic mass is 15.3. The van der Waals surface area contributed by atoms with Gasteiger partial charge in [-0.05, 0) is 20.3 Å². The molecule has 2 N–H and O–H groups in total. The molecule has 0 atom stereocenters. The van der Waals surface area contributed by atoms with Crippen molar-refractivity contribution in [2.45, 2.75) is 27.2 Å². The van der Waals surface area contributed by atoms with E-state index >= 15 is 0 Å². The molecule has 0 unspecified atom stereocenters. The van der Waals surface area contributed by atoms with E-state index in [1.54, 1.807) is 10.9 Å². The molecule has 0 bridgehead atoms. The van der Waals surface area contributed by atoms with Crippen molar-refractivity contribution >= 4 is 5.82 Å². The molecule has 0 amide bonds. The van der Waals surface area contributed by atoms with Gasteiger partial charge in [-0.2, -0.15) is 5.10 Å². The van der Waals surface area contributed by atoms with Gasteiger partial charge in [0.05, 0.1) is 11.8 Å². The van der Waals surface area contributed by atoms with Gasteiger partial charge in [0, 0.05) is 24.0 Å². The second-order valence-electron chi connectivity index (χ2n) is 4.12. The lowest BCUT2D eigenvalue weighted by Crippen LogP contribution is -2.04. The summed E-state index contributed by atoms with van der Waals surface area (Å²) in [6.07, 6.45) is 2.62. The Bertz CT molecular complexity index is 533. The van der Waals surface area contributed by atoms with Crippen molar-refractivity contribution in [1.82, 2.24) is 19.7 Å². The average molecular weight is 231 g/mol. The van der Waals surface area contributed by atoms with E-state index in [0.29, 0.717) is 11.6 Å². The zero-order chi connectivity index (χ0) is 12.6. The Morgan fingerprint density at radius 1 is 1.29 bits per heavy atom. The standard InChI is InChI=1S/C12H17N5/c1-5-9-7(2)15-12(16-11(9)13)10-6-14-17(4)8(10)3/h6H,5H2,1-4H3,(H2,13,15,16). The van der Waals surface area contributed by atoms with E-state index in [9.17, 15) is 0 Å². The van der Waals surface area contributed by atoms with Gasteiger partial charge in [-0.15, -0.1) is 0 Å². The van der Waals surface area contributed by atoms with Crippen molar-refractivity contribution in [3.05, 3.63) is 23.1 Å². The number of nitrogens with zero attached hydrogens (tertiary/aromatic N) is 4. The van der Waals surface area contributed by atoms with Crippen LogP contribution >= 0.6 is 0 Å². The van der Waals surface area contributed by atoms with E-state index in [1.807, 2.05) is 20.9 Å². The molecule has 5 nitrogen and oxygen atoms in total. The first-order chi connectivity index (χ1) is 8.04. The summed E-state index contributed by atoms with van der Waals surface area (Å²) in [5.41, 5.74) is 9.89. The molecule has 2 aromatic heterocycles. The lowest BCUT2D eigenvalue weighted by Gasteiger charge is -2.08. The number of rotatable bonds is 2. The molecule has 0 spiro atoms. The van der Waals surface area contributed by atoms with Gasteiger partial charge in [-0.1, -0.05) is 6.92 Å². The highest BCUT2D eigenvalue weighted by Crippen LogP contribution is 2.22. The number of aryl methyl sites for hydroxylation is 2. The molecule has 0 fully saturated rings. The monoisotopic (exact) mass is 231 g/mol. The third-order valence-corrected chi connectivity index (χ3v) is 3.08. The van der Waals surface area contributed by atoms with Crippen LogP contribution in [0, 0.1) is 13.8 Å². The summed E-state index contributed by atoms with van der Waals surface area (Å²) in [7, 11) is 1.90. The van der Waals surface area contributed by atoms with Crippen LogP contribution in [0.15, 0.2) is 6.20 Å². The number of nitrogens with two attached hydrogens (primary N) is 1. The van der Waals surface area contributed by atoms with Gasteiger partial charge in [-0.25, -0.2) is 9.97 Å². The van der Waals surface area contributed by atoms with Crippen molar-refractivity contribution in [2.75, 3.05) is 5.73 Å². The summed E-state index contributed by atoms with van der Waals surface area (Å²) >= 11 is 0. The minimum absolute atomic E-state index is 0.568. The predicted octanol–water partition coefficient (Wildman–Crippen LogP) is 1.64. The Labute approximate surface area is 101 Å². The average Bonchev–Trinajstić information content (AvgIpc) is 2.59. The molecule has 0 radical (unpaired) electrons. The van der Waals surface area contributed by atoms with Crippen LogP contribution in [0.3, 0.4) is 0 Å². The highest BCUT2D eigenvalue weighted by Gasteiger charge is 2.13. The molecule has 0 aliphatic heterocycles. The summed E-state index contributed by atoms with van der Waals surface area (Å²) in [4.78, 5) is 8.87. The first-order valence-corrected chi connectivity index (χ1v) is 5.66. The van der Waals surface area contributed by atoms with E-state index in [4.69, 9.17) is 5.73 Å². The molecule has 0 aliphatic rings. The van der Waals surface area contributed by atoms with Crippen molar-refractivity contribution < 1.29 is 0 Å². The van der Waals surface area contributed by atoms with Crippen molar-refractivity contribution in [3.8, 4) is 11.4 Å². The fraction of sp³-hybridized carbons (Fsp3) is 0.417. The van der Waals surface area contributed by atoms with Crippen molar-refractivity contribution in [1.29, 1.82) is 0 Å². The normalized spacial score (nSPS) is 10.8. The molecule has 0 aromatic carbocycles. The van der Waals surface area contributed by atoms with Crippen LogP contribution in [0.2, 0.25) is 0 Å². The van der Waals surface area contributed by atoms with E-state index in [-0.39, 0.29) is 0 Å². The van der Waals surface area contributed by atoms with Crippen LogP contribution in [-0.2, 0) is 13.5 Å². The molecule has 2 heterocycles. The minimum atomic E-state index is 0.568. The largest absolute Gasteiger partial charge is 0.383 e. The molecular weight excluding hydrogens is 214 g/mol. The summed E-state index contributed by atoms with van der Waals surface area (Å²) in [5.74, 6) is 1.22. The Morgan fingerprint density at radius 3 is 2.47 bits per heavy atom. The zero-order valence-electron chi connectivity index (χ0n) is 10.7. The van der Waals surface area contributed by atoms with Crippen molar-refractivity contribution in [2.24, 2.45) is 7.05 Å². The first-order valence-electron chi connectivity index (χ1n) is 5.66. The lowest BCUT2D eigenvalue weighted by atomic mass is 10.1. The quantitative estimate of drug-likeness (QED) is 0.853. The van der Waals surface area contributed by atoms with E-state index in [1.165, 1.54) is 0 Å². The Kier molecular flexibility index (Phi) is 2.83. The Balaban J connectivity index is 2.58. The summed E-state index contributed by atoms with van der Waals surface area (Å²) in [6, 6.07) is 0. The minimum Gasteiger partial charge on any atom is -0.383 e. The fourth-order valence-corrected chi connectivity index (χ4v) is 1.89. The molecule has 2 aromatic rings. The predicted molar refractivity (Wildman–Crippen MR) is 67.5 cm³/mol. The van der Waals surface area contributed by atoms with Gasteiger partial charge in [0.1, 0.15) is 5.82 Å². The maximum absolute atomic E-state index is 5.95. The molecule has 5 heteroatoms. The van der Waals surface area contributed by atoms with Crippen molar-refractivity contribution in [3.63, 3.8) is 0 Å². The summed E-state index contributed by atoms with van der Waals surface area (Å²) in [6.45, 7) is 6.01. The van der Waals surface area contributed by atoms with Gasteiger partial charge in [0.25, 0.3) is 0 Å². The Morgan fingerprint density at radius 2 is 2.00 bits per heavy atom. The van der Waals surface area contributed by atoms with Crippen LogP contribution < -0.4 is 5.73 Å². The molecule has 0 saturated carbocycles. The maximum atomic E-state index is 5.95. The molecule has 17 heavy (non-hydrogen) atoms. The topological polar surface area (TPSA) is 69.6 Å². The van der Waals surface area contributed by atoms with Crippen LogP contribution in [0.1, 0.15) is 23.9 Å². The fourth-order valence-electron chi connectivity index (χ4n) is 1.89. The second-order valence-corrected chi connectivity index (χ2v) is 4.12. The van der Waals surface area contributed by atoms with Gasteiger partial charge in [-0.3, -0.25) is 4.68 Å². The lowest BCUT2D eigenvalue weighted by molar-refractivity contribution is 0.740. The molecule has 90 valence electrons. The van der Waals surface area contributed by atoms with Gasteiger partial charge >= 0.3 is 0 Å². The number of hydrogen-bond acceptors (Lipinski definition) is 4. The highest BCUT2D eigenvalue weighted by molar-refractivity contribution is 5.60. The SMILES string of the molecule is CCc1c(C)nc(-c2cnn(C)c2C)nc1N. The van der Waals surface area contributed by atoms with Crippen LogP contribution in [0.5, 0.6) is 0 Å². The van der Waals surface area contributed by atoms with Crippen LogP contribution in [-0.4, -0.2) is 19.7 Å².